The van der Waals surface area contributed by atoms with E-state index in [2.05, 4.69) is 19.8 Å². The third kappa shape index (κ3) is 11.0. The third-order valence-electron chi connectivity index (χ3n) is 4.76. The van der Waals surface area contributed by atoms with Gasteiger partial charge >= 0.3 is 5.69 Å². The first-order valence-corrected chi connectivity index (χ1v) is 12.7. The van der Waals surface area contributed by atoms with E-state index < -0.39 is 32.1 Å². The Kier molecular flexibility index (Phi) is 14.6. The molecule has 1 amide bonds. The highest BCUT2D eigenvalue weighted by atomic mass is 31.2. The number of nitrogens with zero attached hydrogens (tertiary/aromatic N) is 3. The van der Waals surface area contributed by atoms with Crippen LogP contribution in [0.2, 0.25) is 0 Å². The maximum Gasteiger partial charge on any atom is 0.330 e. The van der Waals surface area contributed by atoms with E-state index in [1.807, 2.05) is 34.6 Å². The molecule has 198 valence electrons. The Bertz CT molecular complexity index is 906. The molecule has 12 nitrogen and oxygen atoms in total. The lowest BCUT2D eigenvalue weighted by molar-refractivity contribution is -0.133. The van der Waals surface area contributed by atoms with Gasteiger partial charge in [0.05, 0.1) is 19.3 Å². The Labute approximate surface area is 207 Å². The first kappa shape index (κ1) is 30.9. The molecule has 0 aromatic carbocycles. The second-order valence-corrected chi connectivity index (χ2v) is 9.60. The molecule has 1 aromatic heterocycles. The largest absolute Gasteiger partial charge is 0.367 e. The number of carbonyl (C=O) groups is 1. The summed E-state index contributed by atoms with van der Waals surface area (Å²) in [7, 11) is 0.0380. The van der Waals surface area contributed by atoms with Crippen LogP contribution in [-0.4, -0.2) is 78.3 Å². The normalized spacial score (nSPS) is 14.2. The molecule has 1 unspecified atom stereocenters. The summed E-state index contributed by atoms with van der Waals surface area (Å²) in [6, 6.07) is 1.52. The van der Waals surface area contributed by atoms with Gasteiger partial charge in [-0.3, -0.25) is 19.1 Å². The van der Waals surface area contributed by atoms with Gasteiger partial charge in [0.2, 0.25) is 12.5 Å². The van der Waals surface area contributed by atoms with Crippen molar-refractivity contribution >= 4 is 14.4 Å². The van der Waals surface area contributed by atoms with Crippen LogP contribution in [0.1, 0.15) is 47.3 Å². The molecule has 35 heavy (non-hydrogen) atoms. The van der Waals surface area contributed by atoms with Crippen molar-refractivity contribution in [2.45, 2.75) is 65.5 Å². The minimum absolute atomic E-state index is 0.101. The second-order valence-electron chi connectivity index (χ2n) is 8.14. The van der Waals surface area contributed by atoms with Gasteiger partial charge in [-0.15, -0.1) is 0 Å². The predicted molar refractivity (Wildman–Crippen MR) is 133 cm³/mol. The molecule has 1 heterocycles. The predicted octanol–water partition coefficient (Wildman–Crippen LogP) is 1.89. The summed E-state index contributed by atoms with van der Waals surface area (Å²) in [5.41, 5.74) is -1.19. The van der Waals surface area contributed by atoms with Crippen LogP contribution in [0.15, 0.2) is 21.9 Å². The summed E-state index contributed by atoms with van der Waals surface area (Å²) in [5, 5.41) is 2.46. The number of amides is 1. The molecule has 2 N–H and O–H groups in total. The Hall–Kier alpha value is -2.13. The van der Waals surface area contributed by atoms with Crippen LogP contribution in [0.3, 0.4) is 0 Å². The SMILES string of the molecule is [C-]#[N+]CCOP(OC[C@@H](CC)O[C@H](COCC(=O)NC)n1ccc(=O)[nH]c1=O)N(C(C)C)C(C)C. The Morgan fingerprint density at radius 3 is 2.46 bits per heavy atom. The fourth-order valence-electron chi connectivity index (χ4n) is 3.09. The van der Waals surface area contributed by atoms with E-state index >= 15 is 0 Å². The Morgan fingerprint density at radius 1 is 1.23 bits per heavy atom. The summed E-state index contributed by atoms with van der Waals surface area (Å²) in [4.78, 5) is 40.9. The van der Waals surface area contributed by atoms with Gasteiger partial charge in [0.1, 0.15) is 13.2 Å². The van der Waals surface area contributed by atoms with Crippen LogP contribution in [-0.2, 0) is 23.3 Å². The molecule has 1 aromatic rings. The molecular weight excluding hydrogens is 477 g/mol. The number of aromatic nitrogens is 2. The molecule has 1 rings (SSSR count). The molecule has 13 heteroatoms. The molecule has 0 saturated heterocycles. The van der Waals surface area contributed by atoms with Gasteiger partial charge in [-0.25, -0.2) is 16.0 Å². The van der Waals surface area contributed by atoms with Crippen molar-refractivity contribution in [3.63, 3.8) is 0 Å². The first-order valence-electron chi connectivity index (χ1n) is 11.6. The zero-order valence-electron chi connectivity index (χ0n) is 21.4. The average Bonchev–Trinajstić information content (AvgIpc) is 2.80. The highest BCUT2D eigenvalue weighted by Gasteiger charge is 2.29. The molecule has 0 aliphatic rings. The number of hydrogen-bond donors (Lipinski definition) is 2. The number of H-pyrrole nitrogens is 1. The molecule has 0 aliphatic carbocycles. The molecule has 0 spiro atoms. The van der Waals surface area contributed by atoms with Crippen LogP contribution in [0.25, 0.3) is 4.85 Å². The molecule has 0 radical (unpaired) electrons. The summed E-state index contributed by atoms with van der Waals surface area (Å²) in [6.07, 6.45) is 0.525. The number of likely N-dealkylation sites (N-methyl/N-ethyl adjacent to an activating group) is 1. The quantitative estimate of drug-likeness (QED) is 0.183. The molecule has 0 aliphatic heterocycles. The van der Waals surface area contributed by atoms with Crippen molar-refractivity contribution < 1.29 is 23.3 Å². The number of carbonyl (C=O) groups excluding carboxylic acids is 1. The highest BCUT2D eigenvalue weighted by Crippen LogP contribution is 2.46. The molecule has 3 atom stereocenters. The molecule has 0 fully saturated rings. The molecular formula is C22H38N5O7P. The highest BCUT2D eigenvalue weighted by molar-refractivity contribution is 7.44. The smallest absolute Gasteiger partial charge is 0.330 e. The lowest BCUT2D eigenvalue weighted by Crippen LogP contribution is -2.38. The number of hydrogen-bond acceptors (Lipinski definition) is 8. The lowest BCUT2D eigenvalue weighted by atomic mass is 10.3. The van der Waals surface area contributed by atoms with Crippen molar-refractivity contribution in [2.24, 2.45) is 0 Å². The summed E-state index contributed by atoms with van der Waals surface area (Å²) in [5.74, 6) is -0.322. The summed E-state index contributed by atoms with van der Waals surface area (Å²) < 4.78 is 27.0. The van der Waals surface area contributed by atoms with Gasteiger partial charge in [0, 0.05) is 31.4 Å². The van der Waals surface area contributed by atoms with Gasteiger partial charge in [0.15, 0.2) is 6.23 Å². The second kappa shape index (κ2) is 16.5. The third-order valence-corrected chi connectivity index (χ3v) is 6.84. The van der Waals surface area contributed by atoms with Crippen molar-refractivity contribution in [3.05, 3.63) is 44.5 Å². The zero-order valence-corrected chi connectivity index (χ0v) is 22.2. The van der Waals surface area contributed by atoms with E-state index in [9.17, 15) is 14.4 Å². The Balaban J connectivity index is 3.01. The van der Waals surface area contributed by atoms with E-state index in [1.54, 1.807) is 0 Å². The van der Waals surface area contributed by atoms with Gasteiger partial charge in [-0.2, -0.15) is 0 Å². The topological polar surface area (TPSA) is 128 Å². The lowest BCUT2D eigenvalue weighted by Gasteiger charge is -2.36. The van der Waals surface area contributed by atoms with Crippen LogP contribution < -0.4 is 16.6 Å². The van der Waals surface area contributed by atoms with E-state index in [0.717, 1.165) is 0 Å². The molecule has 0 bridgehead atoms. The first-order chi connectivity index (χ1) is 16.6. The number of rotatable bonds is 17. The van der Waals surface area contributed by atoms with Gasteiger partial charge in [0.25, 0.3) is 14.1 Å². The number of aromatic amines is 1. The summed E-state index contributed by atoms with van der Waals surface area (Å²) in [6.45, 7) is 17.5. The minimum Gasteiger partial charge on any atom is -0.367 e. The maximum atomic E-state index is 12.4. The van der Waals surface area contributed by atoms with Crippen LogP contribution in [0.4, 0.5) is 0 Å². The van der Waals surface area contributed by atoms with E-state index in [0.29, 0.717) is 6.42 Å². The number of ether oxygens (including phenoxy) is 2. The van der Waals surface area contributed by atoms with E-state index in [1.165, 1.54) is 23.9 Å². The van der Waals surface area contributed by atoms with Gasteiger partial charge in [-0.05, 0) is 34.1 Å². The van der Waals surface area contributed by atoms with Crippen LogP contribution in [0, 0.1) is 6.57 Å². The van der Waals surface area contributed by atoms with Crippen molar-refractivity contribution in [3.8, 4) is 0 Å². The standard InChI is InChI=1S/C22H38N5O7P/c1-8-18(13-33-35(32-12-10-23-6)27(16(2)3)17(4)5)34-21(15-31-14-20(29)24-7)26-11-9-19(28)25-22(26)30/h9,11,16-18,21H,8,10,12-15H2,1-5,7H3,(H,24,29)(H,25,28,30)/t18-,21-,35?/m1/s1. The van der Waals surface area contributed by atoms with Crippen LogP contribution in [0.5, 0.6) is 0 Å². The summed E-state index contributed by atoms with van der Waals surface area (Å²) >= 11 is 0. The fraction of sp³-hybridized carbons (Fsp3) is 0.727. The van der Waals surface area contributed by atoms with E-state index in [4.69, 9.17) is 25.1 Å². The zero-order chi connectivity index (χ0) is 26.4. The van der Waals surface area contributed by atoms with Gasteiger partial charge < -0.3 is 28.7 Å². The van der Waals surface area contributed by atoms with Crippen LogP contribution >= 0.6 is 8.53 Å². The maximum absolute atomic E-state index is 12.4. The monoisotopic (exact) mass is 515 g/mol. The van der Waals surface area contributed by atoms with Crippen molar-refractivity contribution in [1.82, 2.24) is 19.5 Å². The Morgan fingerprint density at radius 2 is 1.91 bits per heavy atom. The molecule has 0 saturated carbocycles. The minimum atomic E-state index is -1.45. The average molecular weight is 516 g/mol. The van der Waals surface area contributed by atoms with Crippen molar-refractivity contribution in [2.75, 3.05) is 40.0 Å². The van der Waals surface area contributed by atoms with E-state index in [-0.39, 0.29) is 51.0 Å². The number of nitrogens with one attached hydrogen (secondary N) is 2. The van der Waals surface area contributed by atoms with Gasteiger partial charge in [-0.1, -0.05) is 6.92 Å². The fourth-order valence-corrected chi connectivity index (χ4v) is 4.72. The van der Waals surface area contributed by atoms with Crippen molar-refractivity contribution in [1.29, 1.82) is 0 Å².